The van der Waals surface area contributed by atoms with Crippen molar-refractivity contribution >= 4 is 16.6 Å². The van der Waals surface area contributed by atoms with E-state index in [2.05, 4.69) is 54.6 Å². The van der Waals surface area contributed by atoms with Crippen LogP contribution in [-0.2, 0) is 12.8 Å². The summed E-state index contributed by atoms with van der Waals surface area (Å²) in [6.45, 7) is 0. The number of ketones is 1. The molecule has 0 aliphatic rings. The average molecular weight is 364 g/mol. The van der Waals surface area contributed by atoms with Gasteiger partial charge in [-0.1, -0.05) is 97.1 Å². The summed E-state index contributed by atoms with van der Waals surface area (Å²) in [6, 6.07) is 32.7. The van der Waals surface area contributed by atoms with E-state index in [1.807, 2.05) is 42.5 Å². The van der Waals surface area contributed by atoms with Crippen LogP contribution in [0.1, 0.15) is 39.9 Å². The van der Waals surface area contributed by atoms with Gasteiger partial charge < -0.3 is 0 Å². The Morgan fingerprint density at radius 2 is 1.21 bits per heavy atom. The first-order valence-electron chi connectivity index (χ1n) is 9.96. The lowest BCUT2D eigenvalue weighted by molar-refractivity contribution is 0.103. The van der Waals surface area contributed by atoms with E-state index in [4.69, 9.17) is 0 Å². The van der Waals surface area contributed by atoms with Crippen LogP contribution in [0.4, 0.5) is 0 Å². The maximum absolute atomic E-state index is 12.5. The van der Waals surface area contributed by atoms with Gasteiger partial charge in [0.15, 0.2) is 5.78 Å². The van der Waals surface area contributed by atoms with Gasteiger partial charge in [-0.3, -0.25) is 4.79 Å². The largest absolute Gasteiger partial charge is 0.289 e. The highest BCUT2D eigenvalue weighted by molar-refractivity contribution is 6.08. The maximum Gasteiger partial charge on any atom is 0.193 e. The molecule has 1 nitrogen and oxygen atoms in total. The number of rotatable bonds is 7. The third-order valence-electron chi connectivity index (χ3n) is 5.29. The Kier molecular flexibility index (Phi) is 5.63. The minimum Gasteiger partial charge on any atom is -0.289 e. The zero-order valence-corrected chi connectivity index (χ0v) is 16.0. The molecule has 0 heterocycles. The van der Waals surface area contributed by atoms with Crippen molar-refractivity contribution in [3.05, 3.63) is 119 Å². The molecule has 0 atom stereocenters. The predicted molar refractivity (Wildman–Crippen MR) is 117 cm³/mol. The normalized spacial score (nSPS) is 10.9. The van der Waals surface area contributed by atoms with Crippen molar-refractivity contribution in [1.29, 1.82) is 0 Å². The van der Waals surface area contributed by atoms with Crippen LogP contribution < -0.4 is 0 Å². The van der Waals surface area contributed by atoms with E-state index in [-0.39, 0.29) is 5.78 Å². The molecule has 0 saturated heterocycles. The smallest absolute Gasteiger partial charge is 0.193 e. The van der Waals surface area contributed by atoms with E-state index < -0.39 is 0 Å². The third-order valence-corrected chi connectivity index (χ3v) is 5.29. The van der Waals surface area contributed by atoms with E-state index in [1.54, 1.807) is 0 Å². The molecular weight excluding hydrogens is 340 g/mol. The summed E-state index contributed by atoms with van der Waals surface area (Å²) in [6.07, 6.45) is 4.46. The maximum atomic E-state index is 12.5. The minimum atomic E-state index is 0.0862. The second-order valence-corrected chi connectivity index (χ2v) is 7.24. The second-order valence-electron chi connectivity index (χ2n) is 7.24. The summed E-state index contributed by atoms with van der Waals surface area (Å²) in [5.41, 5.74) is 4.22. The zero-order valence-electron chi connectivity index (χ0n) is 16.0. The van der Waals surface area contributed by atoms with Gasteiger partial charge in [0, 0.05) is 11.1 Å². The summed E-state index contributed by atoms with van der Waals surface area (Å²) >= 11 is 0. The molecule has 0 fully saturated rings. The average Bonchev–Trinajstić information content (AvgIpc) is 2.77. The van der Waals surface area contributed by atoms with Gasteiger partial charge in [-0.25, -0.2) is 0 Å². The van der Waals surface area contributed by atoms with E-state index in [0.29, 0.717) is 0 Å². The van der Waals surface area contributed by atoms with Crippen molar-refractivity contribution in [2.24, 2.45) is 0 Å². The van der Waals surface area contributed by atoms with Gasteiger partial charge in [0.1, 0.15) is 0 Å². The standard InChI is InChI=1S/C27H24O/c28-27(24-12-2-1-3-13-24)25-19-17-21(18-20-25)9-4-5-10-22-14-8-15-23-11-6-7-16-26(22)23/h1-3,6-8,11-20H,4-5,9-10H2. The molecule has 28 heavy (non-hydrogen) atoms. The molecule has 4 aromatic rings. The van der Waals surface area contributed by atoms with Crippen molar-refractivity contribution in [3.8, 4) is 0 Å². The van der Waals surface area contributed by atoms with Crippen LogP contribution in [0.5, 0.6) is 0 Å². The number of unbranched alkanes of at least 4 members (excludes halogenated alkanes) is 1. The fraction of sp³-hybridized carbons (Fsp3) is 0.148. The molecular formula is C27H24O. The predicted octanol–water partition coefficient (Wildman–Crippen LogP) is 6.64. The molecule has 1 heteroatoms. The minimum absolute atomic E-state index is 0.0862. The summed E-state index contributed by atoms with van der Waals surface area (Å²) < 4.78 is 0. The lowest BCUT2D eigenvalue weighted by Gasteiger charge is -2.07. The fourth-order valence-electron chi connectivity index (χ4n) is 3.73. The van der Waals surface area contributed by atoms with Crippen molar-refractivity contribution in [2.75, 3.05) is 0 Å². The highest BCUT2D eigenvalue weighted by Gasteiger charge is 2.08. The van der Waals surface area contributed by atoms with E-state index in [9.17, 15) is 4.79 Å². The molecule has 0 amide bonds. The molecule has 0 N–H and O–H groups in total. The molecule has 0 aliphatic heterocycles. The number of hydrogen-bond acceptors (Lipinski definition) is 1. The summed E-state index contributed by atoms with van der Waals surface area (Å²) in [7, 11) is 0. The number of aryl methyl sites for hydroxylation is 2. The summed E-state index contributed by atoms with van der Waals surface area (Å²) in [4.78, 5) is 12.5. The Labute approximate surface area is 166 Å². The van der Waals surface area contributed by atoms with Crippen LogP contribution >= 0.6 is 0 Å². The molecule has 0 spiro atoms. The van der Waals surface area contributed by atoms with Crippen molar-refractivity contribution in [3.63, 3.8) is 0 Å². The van der Waals surface area contributed by atoms with Crippen LogP contribution in [-0.4, -0.2) is 5.78 Å². The lowest BCUT2D eigenvalue weighted by atomic mass is 9.98. The van der Waals surface area contributed by atoms with Gasteiger partial charge in [0.05, 0.1) is 0 Å². The third kappa shape index (κ3) is 4.20. The zero-order chi connectivity index (χ0) is 19.2. The van der Waals surface area contributed by atoms with Gasteiger partial charge in [0.25, 0.3) is 0 Å². The monoisotopic (exact) mass is 364 g/mol. The molecule has 138 valence electrons. The second kappa shape index (κ2) is 8.67. The van der Waals surface area contributed by atoms with Crippen LogP contribution in [0.2, 0.25) is 0 Å². The summed E-state index contributed by atoms with van der Waals surface area (Å²) in [5.74, 6) is 0.0862. The highest BCUT2D eigenvalue weighted by atomic mass is 16.1. The molecule has 0 aliphatic carbocycles. The van der Waals surface area contributed by atoms with E-state index in [1.165, 1.54) is 28.3 Å². The number of hydrogen-bond donors (Lipinski definition) is 0. The molecule has 4 rings (SSSR count). The Morgan fingerprint density at radius 3 is 2.04 bits per heavy atom. The number of carbonyl (C=O) groups is 1. The van der Waals surface area contributed by atoms with Crippen molar-refractivity contribution < 1.29 is 4.79 Å². The van der Waals surface area contributed by atoms with E-state index >= 15 is 0 Å². The SMILES string of the molecule is O=C(c1ccccc1)c1ccc(CCCCc2cccc3ccccc23)cc1. The van der Waals surface area contributed by atoms with Gasteiger partial charge in [-0.2, -0.15) is 0 Å². The highest BCUT2D eigenvalue weighted by Crippen LogP contribution is 2.21. The van der Waals surface area contributed by atoms with E-state index in [0.717, 1.165) is 30.4 Å². The van der Waals surface area contributed by atoms with Gasteiger partial charge >= 0.3 is 0 Å². The van der Waals surface area contributed by atoms with Crippen molar-refractivity contribution in [1.82, 2.24) is 0 Å². The Hall–Kier alpha value is -3.19. The van der Waals surface area contributed by atoms with Crippen LogP contribution in [0.3, 0.4) is 0 Å². The Balaban J connectivity index is 1.32. The first-order chi connectivity index (χ1) is 13.8. The number of benzene rings is 4. The fourth-order valence-corrected chi connectivity index (χ4v) is 3.73. The van der Waals surface area contributed by atoms with Crippen LogP contribution in [0, 0.1) is 0 Å². The van der Waals surface area contributed by atoms with Crippen molar-refractivity contribution in [2.45, 2.75) is 25.7 Å². The van der Waals surface area contributed by atoms with Crippen LogP contribution in [0.15, 0.2) is 97.1 Å². The van der Waals surface area contributed by atoms with Gasteiger partial charge in [0.2, 0.25) is 0 Å². The summed E-state index contributed by atoms with van der Waals surface area (Å²) in [5, 5.41) is 2.69. The first kappa shape index (κ1) is 18.2. The van der Waals surface area contributed by atoms with Gasteiger partial charge in [-0.05, 0) is 47.6 Å². The molecule has 0 unspecified atom stereocenters. The molecule has 0 radical (unpaired) electrons. The Morgan fingerprint density at radius 1 is 0.571 bits per heavy atom. The molecule has 0 aromatic heterocycles. The molecule has 0 saturated carbocycles. The van der Waals surface area contributed by atoms with Gasteiger partial charge in [-0.15, -0.1) is 0 Å². The molecule has 4 aromatic carbocycles. The lowest BCUT2D eigenvalue weighted by Crippen LogP contribution is -2.01. The topological polar surface area (TPSA) is 17.1 Å². The number of carbonyl (C=O) groups excluding carboxylic acids is 1. The first-order valence-corrected chi connectivity index (χ1v) is 9.96. The number of fused-ring (bicyclic) bond motifs is 1. The quantitative estimate of drug-likeness (QED) is 0.265. The Bertz CT molecular complexity index is 1060. The van der Waals surface area contributed by atoms with Crippen LogP contribution in [0.25, 0.3) is 10.8 Å². The molecule has 0 bridgehead atoms.